The summed E-state index contributed by atoms with van der Waals surface area (Å²) in [4.78, 5) is 9.81. The zero-order chi connectivity index (χ0) is 15.2. The van der Waals surface area contributed by atoms with Crippen LogP contribution in [0.4, 0.5) is 0 Å². The number of aryl methyl sites for hydroxylation is 1. The highest BCUT2D eigenvalue weighted by Crippen LogP contribution is 1.82. The fraction of sp³-hybridized carbons (Fsp3) is 0.571. The predicted molar refractivity (Wildman–Crippen MR) is 72.8 cm³/mol. The van der Waals surface area contributed by atoms with Crippen LogP contribution in [0.2, 0.25) is 0 Å². The fourth-order valence-electron chi connectivity index (χ4n) is 1.28. The van der Waals surface area contributed by atoms with Gasteiger partial charge in [-0.05, 0) is 6.92 Å². The van der Waals surface area contributed by atoms with Crippen LogP contribution >= 0.6 is 0 Å². The minimum atomic E-state index is -1.09. The third kappa shape index (κ3) is 10.3. The van der Waals surface area contributed by atoms with Gasteiger partial charge in [-0.2, -0.15) is 0 Å². The number of carboxylic acid groups (broad SMARTS) is 1. The van der Waals surface area contributed by atoms with Gasteiger partial charge in [0.05, 0.1) is 26.4 Å². The molecule has 1 rings (SSSR count). The van der Waals surface area contributed by atoms with Gasteiger partial charge in [-0.15, -0.1) is 0 Å². The highest BCUT2D eigenvalue weighted by molar-refractivity contribution is 5.64. The van der Waals surface area contributed by atoms with Crippen molar-refractivity contribution in [2.75, 3.05) is 26.9 Å². The Labute approximate surface area is 120 Å². The number of rotatable bonds is 9. The van der Waals surface area contributed by atoms with E-state index >= 15 is 0 Å². The molecule has 0 bridgehead atoms. The van der Waals surface area contributed by atoms with Crippen molar-refractivity contribution in [2.45, 2.75) is 26.4 Å². The van der Waals surface area contributed by atoms with Crippen LogP contribution in [0.15, 0.2) is 31.4 Å². The topological polar surface area (TPSA) is 67.4 Å². The Morgan fingerprint density at radius 2 is 2.20 bits per heavy atom. The van der Waals surface area contributed by atoms with Crippen molar-refractivity contribution in [1.82, 2.24) is 4.57 Å². The molecule has 1 aromatic heterocycles. The van der Waals surface area contributed by atoms with E-state index in [1.54, 1.807) is 7.11 Å². The van der Waals surface area contributed by atoms with E-state index in [1.165, 1.54) is 0 Å². The van der Waals surface area contributed by atoms with Crippen LogP contribution in [-0.4, -0.2) is 37.5 Å². The molecular formula is C14H24N2O4. The molecule has 0 atom stereocenters. The second-order valence-electron chi connectivity index (χ2n) is 3.96. The van der Waals surface area contributed by atoms with E-state index in [0.717, 1.165) is 13.1 Å². The second-order valence-corrected chi connectivity index (χ2v) is 3.96. The first-order valence-electron chi connectivity index (χ1n) is 6.56. The van der Waals surface area contributed by atoms with Crippen molar-refractivity contribution in [3.63, 3.8) is 0 Å². The van der Waals surface area contributed by atoms with Crippen LogP contribution in [0.25, 0.3) is 0 Å². The third-order valence-corrected chi connectivity index (χ3v) is 2.33. The summed E-state index contributed by atoms with van der Waals surface area (Å²) in [7, 11) is 1.56. The largest absolute Gasteiger partial charge is 0.550 e. The Hall–Kier alpha value is -1.66. The summed E-state index contributed by atoms with van der Waals surface area (Å²) >= 11 is 0. The maximum absolute atomic E-state index is 9.81. The van der Waals surface area contributed by atoms with Crippen LogP contribution in [0.5, 0.6) is 0 Å². The van der Waals surface area contributed by atoms with Gasteiger partial charge < -0.3 is 19.4 Å². The number of hydrogen-bond acceptors (Lipinski definition) is 4. The van der Waals surface area contributed by atoms with Gasteiger partial charge in [-0.1, -0.05) is 12.7 Å². The van der Waals surface area contributed by atoms with E-state index in [2.05, 4.69) is 39.9 Å². The number of carbonyl (C=O) groups excluding carboxylic acids is 1. The molecule has 1 heterocycles. The number of nitrogens with zero attached hydrogens (tertiary/aromatic N) is 2. The molecule has 0 saturated carbocycles. The summed E-state index contributed by atoms with van der Waals surface area (Å²) in [6, 6.07) is 0. The average Bonchev–Trinajstić information content (AvgIpc) is 2.87. The van der Waals surface area contributed by atoms with Gasteiger partial charge in [-0.3, -0.25) is 0 Å². The SMILES string of the molecule is C=CC[n+]1ccn(CC)c1.COCCOCCC(=O)[O-]. The maximum Gasteiger partial charge on any atom is 0.244 e. The van der Waals surface area contributed by atoms with E-state index in [-0.39, 0.29) is 13.0 Å². The minimum absolute atomic E-state index is 0.0519. The maximum atomic E-state index is 9.81. The van der Waals surface area contributed by atoms with Gasteiger partial charge in [0, 0.05) is 19.5 Å². The molecule has 0 aliphatic carbocycles. The smallest absolute Gasteiger partial charge is 0.244 e. The summed E-state index contributed by atoms with van der Waals surface area (Å²) < 4.78 is 13.7. The normalized spacial score (nSPS) is 9.70. The Balaban J connectivity index is 0.000000361. The lowest BCUT2D eigenvalue weighted by atomic mass is 10.5. The number of ether oxygens (including phenoxy) is 2. The van der Waals surface area contributed by atoms with E-state index in [9.17, 15) is 9.90 Å². The molecule has 0 aromatic carbocycles. The van der Waals surface area contributed by atoms with E-state index in [1.807, 2.05) is 12.3 Å². The first kappa shape index (κ1) is 18.3. The standard InChI is InChI=1S/C8H13N2.C6H12O4/c1-3-5-10-7-6-9(4-2)8-10;1-9-4-5-10-3-2-6(7)8/h3,6-8H,1,4-5H2,2H3;2-5H2,1H3,(H,7,8)/q+1;/p-1. The Kier molecular flexibility index (Phi) is 11.4. The number of imidazole rings is 1. The monoisotopic (exact) mass is 284 g/mol. The lowest BCUT2D eigenvalue weighted by molar-refractivity contribution is -0.686. The first-order valence-corrected chi connectivity index (χ1v) is 6.56. The molecule has 0 fully saturated rings. The molecule has 0 radical (unpaired) electrons. The fourth-order valence-corrected chi connectivity index (χ4v) is 1.28. The molecule has 0 amide bonds. The van der Waals surface area contributed by atoms with Crippen molar-refractivity contribution < 1.29 is 23.9 Å². The second kappa shape index (κ2) is 12.4. The Morgan fingerprint density at radius 1 is 1.45 bits per heavy atom. The van der Waals surface area contributed by atoms with Crippen LogP contribution in [0.1, 0.15) is 13.3 Å². The number of carbonyl (C=O) groups is 1. The highest BCUT2D eigenvalue weighted by Gasteiger charge is 1.96. The summed E-state index contributed by atoms with van der Waals surface area (Å²) in [5.74, 6) is -1.09. The zero-order valence-electron chi connectivity index (χ0n) is 12.3. The summed E-state index contributed by atoms with van der Waals surface area (Å²) in [6.45, 7) is 8.84. The summed E-state index contributed by atoms with van der Waals surface area (Å²) in [5, 5.41) is 9.81. The van der Waals surface area contributed by atoms with Gasteiger partial charge in [0.25, 0.3) is 0 Å². The molecule has 20 heavy (non-hydrogen) atoms. The van der Waals surface area contributed by atoms with E-state index in [0.29, 0.717) is 13.2 Å². The van der Waals surface area contributed by atoms with Crippen molar-refractivity contribution in [1.29, 1.82) is 0 Å². The quantitative estimate of drug-likeness (QED) is 0.357. The van der Waals surface area contributed by atoms with Crippen molar-refractivity contribution >= 4 is 5.97 Å². The van der Waals surface area contributed by atoms with Crippen LogP contribution < -0.4 is 9.67 Å². The molecule has 6 heteroatoms. The Bertz CT molecular complexity index is 377. The Morgan fingerprint density at radius 3 is 2.70 bits per heavy atom. The number of hydrogen-bond donors (Lipinski definition) is 0. The van der Waals surface area contributed by atoms with Crippen molar-refractivity contribution in [2.24, 2.45) is 0 Å². The lowest BCUT2D eigenvalue weighted by Crippen LogP contribution is -2.29. The molecule has 0 aliphatic heterocycles. The van der Waals surface area contributed by atoms with Crippen molar-refractivity contribution in [3.8, 4) is 0 Å². The lowest BCUT2D eigenvalue weighted by Gasteiger charge is -2.02. The van der Waals surface area contributed by atoms with E-state index in [4.69, 9.17) is 4.74 Å². The molecule has 114 valence electrons. The van der Waals surface area contributed by atoms with Crippen molar-refractivity contribution in [3.05, 3.63) is 31.4 Å². The molecule has 0 aliphatic rings. The van der Waals surface area contributed by atoms with Gasteiger partial charge in [-0.25, -0.2) is 9.13 Å². The molecule has 6 nitrogen and oxygen atoms in total. The highest BCUT2D eigenvalue weighted by atomic mass is 16.5. The molecule has 0 N–H and O–H groups in total. The number of aliphatic carboxylic acids is 1. The van der Waals surface area contributed by atoms with Gasteiger partial charge in [0.15, 0.2) is 0 Å². The number of allylic oxidation sites excluding steroid dienone is 1. The molecule has 0 unspecified atom stereocenters. The molecule has 0 spiro atoms. The van der Waals surface area contributed by atoms with Gasteiger partial charge in [0.2, 0.25) is 6.33 Å². The predicted octanol–water partition coefficient (Wildman–Crippen LogP) is -0.229. The summed E-state index contributed by atoms with van der Waals surface area (Å²) in [6.07, 6.45) is 8.01. The number of aromatic nitrogens is 2. The third-order valence-electron chi connectivity index (χ3n) is 2.33. The molecule has 1 aromatic rings. The first-order chi connectivity index (χ1) is 9.63. The minimum Gasteiger partial charge on any atom is -0.550 e. The van der Waals surface area contributed by atoms with E-state index < -0.39 is 5.97 Å². The molecular weight excluding hydrogens is 260 g/mol. The number of carboxylic acids is 1. The van der Waals surface area contributed by atoms with Crippen LogP contribution in [0, 0.1) is 0 Å². The molecule has 0 saturated heterocycles. The van der Waals surface area contributed by atoms with Crippen LogP contribution in [-0.2, 0) is 27.4 Å². The number of methoxy groups -OCH3 is 1. The van der Waals surface area contributed by atoms with Gasteiger partial charge >= 0.3 is 0 Å². The van der Waals surface area contributed by atoms with Crippen LogP contribution in [0.3, 0.4) is 0 Å². The average molecular weight is 284 g/mol. The summed E-state index contributed by atoms with van der Waals surface area (Å²) in [5.41, 5.74) is 0. The zero-order valence-corrected chi connectivity index (χ0v) is 12.3. The van der Waals surface area contributed by atoms with Gasteiger partial charge in [0.1, 0.15) is 18.9 Å².